The van der Waals surface area contributed by atoms with Crippen LogP contribution < -0.4 is 0 Å². The molecule has 2 atom stereocenters. The molecule has 1 aromatic heterocycles. The number of hydrogen-bond donors (Lipinski definition) is 0. The van der Waals surface area contributed by atoms with Gasteiger partial charge in [0.2, 0.25) is 5.91 Å². The smallest absolute Gasteiger partial charge is 0.242 e. The summed E-state index contributed by atoms with van der Waals surface area (Å²) in [4.78, 5) is 20.9. The predicted octanol–water partition coefficient (Wildman–Crippen LogP) is -0.170. The molecule has 3 heterocycles. The van der Waals surface area contributed by atoms with Gasteiger partial charge >= 0.3 is 0 Å². The van der Waals surface area contributed by atoms with Crippen LogP contribution in [0.3, 0.4) is 0 Å². The summed E-state index contributed by atoms with van der Waals surface area (Å²) in [5, 5.41) is 0. The SMILES string of the molecule is CCN1CCN(C(=O)Cn2cnc(C)c2C)[C@H]2CS(=O)(=O)C[C@H]21. The summed E-state index contributed by atoms with van der Waals surface area (Å²) in [7, 11) is -3.07. The summed E-state index contributed by atoms with van der Waals surface area (Å²) in [5.41, 5.74) is 1.89. The number of rotatable bonds is 3. The van der Waals surface area contributed by atoms with E-state index in [-0.39, 0.29) is 36.0 Å². The second kappa shape index (κ2) is 5.90. The van der Waals surface area contributed by atoms with Crippen LogP contribution >= 0.6 is 0 Å². The highest BCUT2D eigenvalue weighted by Gasteiger charge is 2.47. The van der Waals surface area contributed by atoms with Crippen LogP contribution in [-0.2, 0) is 21.2 Å². The fraction of sp³-hybridized carbons (Fsp3) is 0.733. The highest BCUT2D eigenvalue weighted by atomic mass is 32.2. The summed E-state index contributed by atoms with van der Waals surface area (Å²) in [5.74, 6) is 0.230. The number of likely N-dealkylation sites (N-methyl/N-ethyl adjacent to an activating group) is 1. The van der Waals surface area contributed by atoms with Gasteiger partial charge in [0.1, 0.15) is 6.54 Å². The lowest BCUT2D eigenvalue weighted by Crippen LogP contribution is -2.60. The van der Waals surface area contributed by atoms with E-state index < -0.39 is 9.84 Å². The maximum atomic E-state index is 12.7. The number of aromatic nitrogens is 2. The van der Waals surface area contributed by atoms with Gasteiger partial charge in [0.05, 0.1) is 29.6 Å². The molecular formula is C15H24N4O3S. The van der Waals surface area contributed by atoms with Crippen LogP contribution in [-0.4, -0.2) is 76.9 Å². The fourth-order valence-corrected chi connectivity index (χ4v) is 5.68. The third-order valence-electron chi connectivity index (χ3n) is 5.17. The minimum atomic E-state index is -3.07. The van der Waals surface area contributed by atoms with Crippen LogP contribution in [0.1, 0.15) is 18.3 Å². The zero-order chi connectivity index (χ0) is 16.8. The Morgan fingerprint density at radius 2 is 1.96 bits per heavy atom. The van der Waals surface area contributed by atoms with Crippen molar-refractivity contribution in [2.24, 2.45) is 0 Å². The average molecular weight is 340 g/mol. The van der Waals surface area contributed by atoms with Crippen LogP contribution in [0.5, 0.6) is 0 Å². The molecule has 1 aromatic rings. The number of piperazine rings is 1. The van der Waals surface area contributed by atoms with E-state index in [1.165, 1.54) is 0 Å². The molecule has 3 rings (SSSR count). The van der Waals surface area contributed by atoms with Crippen LogP contribution in [0.4, 0.5) is 0 Å². The molecule has 2 fully saturated rings. The fourth-order valence-electron chi connectivity index (χ4n) is 3.67. The molecule has 8 heteroatoms. The van der Waals surface area contributed by atoms with E-state index in [1.807, 2.05) is 25.3 Å². The predicted molar refractivity (Wildman–Crippen MR) is 86.9 cm³/mol. The summed E-state index contributed by atoms with van der Waals surface area (Å²) in [6.07, 6.45) is 1.67. The van der Waals surface area contributed by atoms with Gasteiger partial charge < -0.3 is 9.47 Å². The largest absolute Gasteiger partial charge is 0.334 e. The number of carbonyl (C=O) groups excluding carboxylic acids is 1. The number of fused-ring (bicyclic) bond motifs is 1. The van der Waals surface area contributed by atoms with Crippen molar-refractivity contribution in [3.63, 3.8) is 0 Å². The molecule has 0 radical (unpaired) electrons. The number of nitrogens with zero attached hydrogens (tertiary/aromatic N) is 4. The molecule has 2 saturated heterocycles. The van der Waals surface area contributed by atoms with E-state index >= 15 is 0 Å². The molecule has 1 amide bonds. The van der Waals surface area contributed by atoms with E-state index in [9.17, 15) is 13.2 Å². The monoisotopic (exact) mass is 340 g/mol. The minimum absolute atomic E-state index is 0.0200. The second-order valence-corrected chi connectivity index (χ2v) is 8.62. The Hall–Kier alpha value is -1.41. The van der Waals surface area contributed by atoms with Crippen molar-refractivity contribution < 1.29 is 13.2 Å². The zero-order valence-corrected chi connectivity index (χ0v) is 14.7. The first-order valence-corrected chi connectivity index (χ1v) is 9.87. The Morgan fingerprint density at radius 3 is 2.57 bits per heavy atom. The standard InChI is InChI=1S/C15H24N4O3S/c1-4-17-5-6-19(14-9-23(21,22)8-13(14)17)15(20)7-18-10-16-11(2)12(18)3/h10,13-14H,4-9H2,1-3H3/t13-,14+/m1/s1. The highest BCUT2D eigenvalue weighted by molar-refractivity contribution is 7.91. The lowest BCUT2D eigenvalue weighted by Gasteiger charge is -2.43. The van der Waals surface area contributed by atoms with Crippen molar-refractivity contribution >= 4 is 15.7 Å². The van der Waals surface area contributed by atoms with Crippen LogP contribution in [0, 0.1) is 13.8 Å². The zero-order valence-electron chi connectivity index (χ0n) is 13.9. The van der Waals surface area contributed by atoms with Crippen molar-refractivity contribution in [2.75, 3.05) is 31.1 Å². The van der Waals surface area contributed by atoms with Crippen molar-refractivity contribution in [1.82, 2.24) is 19.4 Å². The molecule has 7 nitrogen and oxygen atoms in total. The van der Waals surface area contributed by atoms with Gasteiger partial charge in [-0.15, -0.1) is 0 Å². The molecule has 0 N–H and O–H groups in total. The van der Waals surface area contributed by atoms with E-state index in [0.29, 0.717) is 6.54 Å². The van der Waals surface area contributed by atoms with Gasteiger partial charge in [-0.05, 0) is 20.4 Å². The second-order valence-electron chi connectivity index (χ2n) is 6.47. The molecule has 0 spiro atoms. The maximum Gasteiger partial charge on any atom is 0.242 e. The van der Waals surface area contributed by atoms with E-state index in [1.54, 1.807) is 11.2 Å². The molecule has 2 aliphatic rings. The Bertz CT molecular complexity index is 712. The molecule has 0 aliphatic carbocycles. The number of hydrogen-bond acceptors (Lipinski definition) is 5. The number of imidazole rings is 1. The van der Waals surface area contributed by atoms with Gasteiger partial charge in [-0.2, -0.15) is 0 Å². The molecule has 0 unspecified atom stereocenters. The molecule has 2 aliphatic heterocycles. The summed E-state index contributed by atoms with van der Waals surface area (Å²) >= 11 is 0. The Kier molecular flexibility index (Phi) is 4.22. The third-order valence-corrected chi connectivity index (χ3v) is 6.87. The molecule has 0 aromatic carbocycles. The minimum Gasteiger partial charge on any atom is -0.334 e. The van der Waals surface area contributed by atoms with Gasteiger partial charge in [-0.25, -0.2) is 13.4 Å². The normalized spacial score (nSPS) is 27.2. The summed E-state index contributed by atoms with van der Waals surface area (Å²) < 4.78 is 26.0. The lowest BCUT2D eigenvalue weighted by molar-refractivity contribution is -0.137. The van der Waals surface area contributed by atoms with Crippen LogP contribution in [0.15, 0.2) is 6.33 Å². The van der Waals surface area contributed by atoms with Crippen molar-refractivity contribution in [2.45, 2.75) is 39.4 Å². The van der Waals surface area contributed by atoms with E-state index in [2.05, 4.69) is 9.88 Å². The van der Waals surface area contributed by atoms with Crippen LogP contribution in [0.25, 0.3) is 0 Å². The van der Waals surface area contributed by atoms with E-state index in [0.717, 1.165) is 24.5 Å². The topological polar surface area (TPSA) is 75.5 Å². The van der Waals surface area contributed by atoms with Gasteiger partial charge in [-0.1, -0.05) is 6.92 Å². The van der Waals surface area contributed by atoms with Gasteiger partial charge in [0, 0.05) is 24.8 Å². The molecule has 0 bridgehead atoms. The third kappa shape index (κ3) is 3.01. The summed E-state index contributed by atoms with van der Waals surface area (Å²) in [6.45, 7) is 8.26. The number of carbonyl (C=O) groups is 1. The first kappa shape index (κ1) is 16.4. The molecule has 23 heavy (non-hydrogen) atoms. The number of amides is 1. The Labute approximate surface area is 137 Å². The number of sulfone groups is 1. The van der Waals surface area contributed by atoms with E-state index in [4.69, 9.17) is 0 Å². The number of aryl methyl sites for hydroxylation is 1. The highest BCUT2D eigenvalue weighted by Crippen LogP contribution is 2.27. The molecule has 0 saturated carbocycles. The summed E-state index contributed by atoms with van der Waals surface area (Å²) in [6, 6.07) is -0.278. The van der Waals surface area contributed by atoms with Gasteiger partial charge in [-0.3, -0.25) is 9.69 Å². The maximum absolute atomic E-state index is 12.7. The average Bonchev–Trinajstić information content (AvgIpc) is 2.98. The molecule has 128 valence electrons. The van der Waals surface area contributed by atoms with Gasteiger partial charge in [0.25, 0.3) is 0 Å². The Balaban J connectivity index is 1.79. The quantitative estimate of drug-likeness (QED) is 0.764. The first-order valence-electron chi connectivity index (χ1n) is 8.04. The van der Waals surface area contributed by atoms with Crippen molar-refractivity contribution in [1.29, 1.82) is 0 Å². The van der Waals surface area contributed by atoms with Crippen LogP contribution in [0.2, 0.25) is 0 Å². The van der Waals surface area contributed by atoms with Crippen molar-refractivity contribution in [3.8, 4) is 0 Å². The van der Waals surface area contributed by atoms with Gasteiger partial charge in [0.15, 0.2) is 9.84 Å². The lowest BCUT2D eigenvalue weighted by atomic mass is 10.0. The Morgan fingerprint density at radius 1 is 1.26 bits per heavy atom. The first-order chi connectivity index (χ1) is 10.8. The van der Waals surface area contributed by atoms with Crippen molar-refractivity contribution in [3.05, 3.63) is 17.7 Å². The molecular weight excluding hydrogens is 316 g/mol.